The molecule has 0 aliphatic carbocycles. The predicted octanol–water partition coefficient (Wildman–Crippen LogP) is 3.64. The summed E-state index contributed by atoms with van der Waals surface area (Å²) < 4.78 is 13.9. The van der Waals surface area contributed by atoms with Crippen molar-refractivity contribution in [3.05, 3.63) is 53.5 Å². The first-order valence-corrected chi connectivity index (χ1v) is 8.14. The molecular weight excluding hydrogens is 319 g/mol. The molecule has 128 valence electrons. The second-order valence-electron chi connectivity index (χ2n) is 6.36. The highest BCUT2D eigenvalue weighted by Gasteiger charge is 2.38. The maximum Gasteiger partial charge on any atom is 0.224 e. The van der Waals surface area contributed by atoms with Gasteiger partial charge >= 0.3 is 0 Å². The minimum absolute atomic E-state index is 0.0376. The Morgan fingerprint density at radius 2 is 2.08 bits per heavy atom. The van der Waals surface area contributed by atoms with Crippen LogP contribution < -0.4 is 10.2 Å². The summed E-state index contributed by atoms with van der Waals surface area (Å²) in [7, 11) is 0. The summed E-state index contributed by atoms with van der Waals surface area (Å²) in [4.78, 5) is 18.1. The first-order valence-electron chi connectivity index (χ1n) is 8.14. The maximum atomic E-state index is 13.9. The number of nitrogens with zero attached hydrogens (tertiary/aromatic N) is 3. The Morgan fingerprint density at radius 3 is 2.68 bits per heavy atom. The summed E-state index contributed by atoms with van der Waals surface area (Å²) in [6.07, 6.45) is 1.49. The van der Waals surface area contributed by atoms with Crippen molar-refractivity contribution >= 4 is 17.4 Å². The van der Waals surface area contributed by atoms with Gasteiger partial charge in [0.05, 0.1) is 11.6 Å². The van der Waals surface area contributed by atoms with Gasteiger partial charge in [0.2, 0.25) is 5.91 Å². The molecule has 0 saturated carbocycles. The van der Waals surface area contributed by atoms with Crippen molar-refractivity contribution in [2.24, 2.45) is 5.92 Å². The molecule has 0 saturated heterocycles. The van der Waals surface area contributed by atoms with Crippen LogP contribution in [-0.4, -0.2) is 16.9 Å². The molecule has 0 spiro atoms. The highest BCUT2D eigenvalue weighted by atomic mass is 19.1. The molecule has 1 aliphatic rings. The van der Waals surface area contributed by atoms with Crippen LogP contribution in [0.5, 0.6) is 0 Å². The number of nitrogens with one attached hydrogen (secondary N) is 1. The SMILES string of the molecule is CC(=O)N1c2ccc(F)cc2C(Nc2ccc(C#N)cn2)[C@@H](C)[C@@H]1C. The van der Waals surface area contributed by atoms with Crippen molar-refractivity contribution in [3.63, 3.8) is 0 Å². The van der Waals surface area contributed by atoms with Gasteiger partial charge in [-0.2, -0.15) is 5.26 Å². The standard InChI is InChI=1S/C19H19FN4O/c1-11-12(2)24(13(3)25)17-6-5-15(20)8-16(17)19(11)23-18-7-4-14(9-21)10-22-18/h4-8,10-12,19H,1-3H3,(H,22,23)/t11-,12-,19?/m0/s1. The van der Waals surface area contributed by atoms with Gasteiger partial charge in [-0.1, -0.05) is 6.92 Å². The number of amides is 1. The Kier molecular flexibility index (Phi) is 4.41. The van der Waals surface area contributed by atoms with Gasteiger partial charge in [-0.15, -0.1) is 0 Å². The van der Waals surface area contributed by atoms with Gasteiger partial charge in [0.15, 0.2) is 0 Å². The molecule has 1 aliphatic heterocycles. The summed E-state index contributed by atoms with van der Waals surface area (Å²) in [6, 6.07) is 9.68. The zero-order chi connectivity index (χ0) is 18.1. The van der Waals surface area contributed by atoms with E-state index in [2.05, 4.69) is 10.3 Å². The number of fused-ring (bicyclic) bond motifs is 1. The molecule has 2 aromatic rings. The number of halogens is 1. The van der Waals surface area contributed by atoms with Crippen molar-refractivity contribution in [1.82, 2.24) is 4.98 Å². The van der Waals surface area contributed by atoms with Crippen LogP contribution in [0.3, 0.4) is 0 Å². The quantitative estimate of drug-likeness (QED) is 0.908. The average molecular weight is 338 g/mol. The van der Waals surface area contributed by atoms with Crippen LogP contribution in [0.2, 0.25) is 0 Å². The second-order valence-corrected chi connectivity index (χ2v) is 6.36. The first-order chi connectivity index (χ1) is 11.9. The molecule has 3 atom stereocenters. The predicted molar refractivity (Wildman–Crippen MR) is 93.5 cm³/mol. The monoisotopic (exact) mass is 338 g/mol. The lowest BCUT2D eigenvalue weighted by Crippen LogP contribution is -2.48. The molecule has 5 nitrogen and oxygen atoms in total. The first kappa shape index (κ1) is 16.9. The minimum Gasteiger partial charge on any atom is -0.363 e. The Labute approximate surface area is 146 Å². The summed E-state index contributed by atoms with van der Waals surface area (Å²) >= 11 is 0. The zero-order valence-electron chi connectivity index (χ0n) is 14.3. The van der Waals surface area contributed by atoms with Gasteiger partial charge < -0.3 is 10.2 Å². The smallest absolute Gasteiger partial charge is 0.224 e. The number of pyridine rings is 1. The second kappa shape index (κ2) is 6.52. The van der Waals surface area contributed by atoms with E-state index < -0.39 is 0 Å². The number of carbonyl (C=O) groups is 1. The van der Waals surface area contributed by atoms with Crippen LogP contribution in [0.4, 0.5) is 15.9 Å². The third-order valence-corrected chi connectivity index (χ3v) is 4.81. The van der Waals surface area contributed by atoms with E-state index in [1.165, 1.54) is 25.3 Å². The molecule has 1 N–H and O–H groups in total. The van der Waals surface area contributed by atoms with E-state index in [4.69, 9.17) is 5.26 Å². The average Bonchev–Trinajstić information content (AvgIpc) is 2.60. The lowest BCUT2D eigenvalue weighted by molar-refractivity contribution is -0.117. The molecule has 0 fully saturated rings. The van der Waals surface area contributed by atoms with Crippen molar-refractivity contribution in [2.45, 2.75) is 32.9 Å². The van der Waals surface area contributed by atoms with E-state index in [1.54, 1.807) is 23.1 Å². The number of anilines is 2. The van der Waals surface area contributed by atoms with Gasteiger partial charge in [0.1, 0.15) is 17.7 Å². The Morgan fingerprint density at radius 1 is 1.32 bits per heavy atom. The van der Waals surface area contributed by atoms with Crippen LogP contribution in [0, 0.1) is 23.1 Å². The Bertz CT molecular complexity index is 843. The molecule has 0 radical (unpaired) electrons. The fraction of sp³-hybridized carbons (Fsp3) is 0.316. The van der Waals surface area contributed by atoms with Crippen LogP contribution in [0.1, 0.15) is 37.9 Å². The molecule has 1 amide bonds. The van der Waals surface area contributed by atoms with Gasteiger partial charge in [-0.25, -0.2) is 9.37 Å². The van der Waals surface area contributed by atoms with E-state index >= 15 is 0 Å². The minimum atomic E-state index is -0.344. The fourth-order valence-corrected chi connectivity index (χ4v) is 3.38. The number of hydrogen-bond donors (Lipinski definition) is 1. The van der Waals surface area contributed by atoms with Crippen LogP contribution in [0.15, 0.2) is 36.5 Å². The number of carbonyl (C=O) groups excluding carboxylic acids is 1. The molecule has 3 rings (SSSR count). The van der Waals surface area contributed by atoms with E-state index in [0.717, 1.165) is 5.56 Å². The topological polar surface area (TPSA) is 69.0 Å². The van der Waals surface area contributed by atoms with Crippen molar-refractivity contribution in [2.75, 3.05) is 10.2 Å². The Hall–Kier alpha value is -2.94. The summed E-state index contributed by atoms with van der Waals surface area (Å²) in [5.41, 5.74) is 1.92. The summed E-state index contributed by atoms with van der Waals surface area (Å²) in [6.45, 7) is 5.53. The lowest BCUT2D eigenvalue weighted by atomic mass is 9.82. The molecule has 1 aromatic heterocycles. The lowest BCUT2D eigenvalue weighted by Gasteiger charge is -2.44. The number of aromatic nitrogens is 1. The number of hydrogen-bond acceptors (Lipinski definition) is 4. The maximum absolute atomic E-state index is 13.9. The summed E-state index contributed by atoms with van der Waals surface area (Å²) in [5, 5.41) is 12.2. The van der Waals surface area contributed by atoms with E-state index in [-0.39, 0.29) is 29.7 Å². The highest BCUT2D eigenvalue weighted by Crippen LogP contribution is 2.42. The number of nitriles is 1. The fourth-order valence-electron chi connectivity index (χ4n) is 3.38. The van der Waals surface area contributed by atoms with Crippen molar-refractivity contribution in [1.29, 1.82) is 5.26 Å². The molecular formula is C19H19FN4O. The largest absolute Gasteiger partial charge is 0.363 e. The van der Waals surface area contributed by atoms with Crippen LogP contribution >= 0.6 is 0 Å². The third kappa shape index (κ3) is 3.05. The van der Waals surface area contributed by atoms with Gasteiger partial charge in [-0.05, 0) is 37.3 Å². The molecule has 1 aromatic carbocycles. The van der Waals surface area contributed by atoms with E-state index in [1.807, 2.05) is 19.9 Å². The number of benzene rings is 1. The molecule has 25 heavy (non-hydrogen) atoms. The highest BCUT2D eigenvalue weighted by molar-refractivity contribution is 5.94. The summed E-state index contributed by atoms with van der Waals surface area (Å²) in [5.74, 6) is 0.232. The van der Waals surface area contributed by atoms with Gasteiger partial charge in [0, 0.05) is 36.3 Å². The molecule has 1 unspecified atom stereocenters. The normalized spacial score (nSPS) is 22.0. The van der Waals surface area contributed by atoms with E-state index in [9.17, 15) is 9.18 Å². The molecule has 0 bridgehead atoms. The molecule has 2 heterocycles. The Balaban J connectivity index is 2.03. The van der Waals surface area contributed by atoms with E-state index in [0.29, 0.717) is 17.1 Å². The van der Waals surface area contributed by atoms with Crippen molar-refractivity contribution in [3.8, 4) is 6.07 Å². The van der Waals surface area contributed by atoms with Gasteiger partial charge in [-0.3, -0.25) is 4.79 Å². The van der Waals surface area contributed by atoms with Crippen LogP contribution in [-0.2, 0) is 4.79 Å². The van der Waals surface area contributed by atoms with Crippen molar-refractivity contribution < 1.29 is 9.18 Å². The van der Waals surface area contributed by atoms with Gasteiger partial charge in [0.25, 0.3) is 0 Å². The molecule has 6 heteroatoms. The van der Waals surface area contributed by atoms with Crippen LogP contribution in [0.25, 0.3) is 0 Å². The number of rotatable bonds is 2. The zero-order valence-corrected chi connectivity index (χ0v) is 14.3. The third-order valence-electron chi connectivity index (χ3n) is 4.81.